The molecule has 0 saturated carbocycles. The number of methoxy groups -OCH3 is 1. The van der Waals surface area contributed by atoms with Gasteiger partial charge in [-0.3, -0.25) is 4.79 Å². The molecule has 3 aromatic carbocycles. The number of benzene rings is 3. The number of ketones is 1. The Kier molecular flexibility index (Phi) is 7.83. The molecule has 6 nitrogen and oxygen atoms in total. The van der Waals surface area contributed by atoms with Crippen LogP contribution in [0.4, 0.5) is 4.39 Å². The first-order chi connectivity index (χ1) is 16.9. The SMILES string of the molecule is COc1cccc(COc2cccc(CCC(=O)[C@@H]3CCCN3S(=O)(=O)c3ccc(F)cc3)c2)c1. The maximum atomic E-state index is 13.2. The molecule has 0 bridgehead atoms. The second-order valence-corrected chi connectivity index (χ2v) is 10.4. The number of halogens is 1. The summed E-state index contributed by atoms with van der Waals surface area (Å²) >= 11 is 0. The fourth-order valence-corrected chi connectivity index (χ4v) is 5.92. The van der Waals surface area contributed by atoms with E-state index in [1.165, 1.54) is 16.4 Å². The van der Waals surface area contributed by atoms with Gasteiger partial charge in [0.15, 0.2) is 5.78 Å². The molecule has 0 aromatic heterocycles. The van der Waals surface area contributed by atoms with Gasteiger partial charge in [0.05, 0.1) is 18.0 Å². The van der Waals surface area contributed by atoms with E-state index < -0.39 is 21.9 Å². The third kappa shape index (κ3) is 6.07. The van der Waals surface area contributed by atoms with Gasteiger partial charge >= 0.3 is 0 Å². The van der Waals surface area contributed by atoms with Crippen molar-refractivity contribution in [1.29, 1.82) is 0 Å². The molecule has 1 aliphatic heterocycles. The molecule has 1 fully saturated rings. The van der Waals surface area contributed by atoms with Crippen molar-refractivity contribution in [1.82, 2.24) is 4.31 Å². The molecule has 0 N–H and O–H groups in total. The molecule has 1 saturated heterocycles. The van der Waals surface area contributed by atoms with Gasteiger partial charge in [-0.15, -0.1) is 0 Å². The molecule has 1 atom stereocenters. The first kappa shape index (κ1) is 24.9. The first-order valence-corrected chi connectivity index (χ1v) is 13.0. The van der Waals surface area contributed by atoms with Crippen molar-refractivity contribution >= 4 is 15.8 Å². The fraction of sp³-hybridized carbons (Fsp3) is 0.296. The summed E-state index contributed by atoms with van der Waals surface area (Å²) in [7, 11) is -2.24. The Balaban J connectivity index is 1.36. The molecular weight excluding hydrogens is 469 g/mol. The van der Waals surface area contributed by atoms with Crippen molar-refractivity contribution in [3.8, 4) is 11.5 Å². The van der Waals surface area contributed by atoms with E-state index in [0.29, 0.717) is 31.6 Å². The van der Waals surface area contributed by atoms with Gasteiger partial charge in [-0.1, -0.05) is 24.3 Å². The zero-order valence-corrected chi connectivity index (χ0v) is 20.3. The standard InChI is InChI=1S/C27H28FNO5S/c1-33-23-7-3-6-21(18-23)19-34-24-8-2-5-20(17-24)10-15-27(30)26-9-4-16-29(26)35(31,32)25-13-11-22(28)12-14-25/h2-3,5-8,11-14,17-18,26H,4,9-10,15-16,19H2,1H3/t26-/m0/s1. The highest BCUT2D eigenvalue weighted by molar-refractivity contribution is 7.89. The van der Waals surface area contributed by atoms with E-state index in [2.05, 4.69) is 0 Å². The Bertz CT molecular complexity index is 1280. The summed E-state index contributed by atoms with van der Waals surface area (Å²) in [5.74, 6) is 0.837. The third-order valence-electron chi connectivity index (χ3n) is 6.09. The van der Waals surface area contributed by atoms with E-state index in [4.69, 9.17) is 9.47 Å². The van der Waals surface area contributed by atoms with Crippen molar-refractivity contribution in [2.75, 3.05) is 13.7 Å². The molecular formula is C27H28FNO5S. The van der Waals surface area contributed by atoms with Crippen LogP contribution in [0.2, 0.25) is 0 Å². The maximum Gasteiger partial charge on any atom is 0.243 e. The topological polar surface area (TPSA) is 72.9 Å². The number of nitrogens with zero attached hydrogens (tertiary/aromatic N) is 1. The second kappa shape index (κ2) is 11.0. The van der Waals surface area contributed by atoms with Crippen LogP contribution in [0.25, 0.3) is 0 Å². The average molecular weight is 498 g/mol. The lowest BCUT2D eigenvalue weighted by Gasteiger charge is -2.23. The van der Waals surface area contributed by atoms with E-state index in [1.54, 1.807) is 7.11 Å². The Hall–Kier alpha value is -3.23. The lowest BCUT2D eigenvalue weighted by Crippen LogP contribution is -2.40. The molecule has 0 unspecified atom stereocenters. The predicted octanol–water partition coefficient (Wildman–Crippen LogP) is 4.77. The van der Waals surface area contributed by atoms with Gasteiger partial charge in [-0.25, -0.2) is 12.8 Å². The van der Waals surface area contributed by atoms with Crippen molar-refractivity contribution in [2.45, 2.75) is 43.2 Å². The predicted molar refractivity (Wildman–Crippen MR) is 130 cm³/mol. The second-order valence-electron chi connectivity index (χ2n) is 8.48. The maximum absolute atomic E-state index is 13.2. The molecule has 184 valence electrons. The normalized spacial score (nSPS) is 16.2. The lowest BCUT2D eigenvalue weighted by atomic mass is 10.0. The van der Waals surface area contributed by atoms with Gasteiger partial charge in [-0.2, -0.15) is 4.31 Å². The van der Waals surface area contributed by atoms with E-state index in [9.17, 15) is 17.6 Å². The van der Waals surface area contributed by atoms with E-state index in [1.807, 2.05) is 48.5 Å². The Labute approximate surface area is 205 Å². The van der Waals surface area contributed by atoms with Crippen LogP contribution in [0.15, 0.2) is 77.7 Å². The Morgan fingerprint density at radius 2 is 1.69 bits per heavy atom. The number of Topliss-reactive ketones (excluding diaryl/α,β-unsaturated/α-hetero) is 1. The van der Waals surface area contributed by atoms with Crippen molar-refractivity contribution in [3.63, 3.8) is 0 Å². The van der Waals surface area contributed by atoms with Crippen molar-refractivity contribution < 1.29 is 27.1 Å². The molecule has 4 rings (SSSR count). The van der Waals surface area contributed by atoms with Crippen LogP contribution < -0.4 is 9.47 Å². The van der Waals surface area contributed by atoms with Gasteiger partial charge in [0.25, 0.3) is 0 Å². The van der Waals surface area contributed by atoms with Crippen LogP contribution in [0.1, 0.15) is 30.4 Å². The highest BCUT2D eigenvalue weighted by atomic mass is 32.2. The summed E-state index contributed by atoms with van der Waals surface area (Å²) in [6.07, 6.45) is 1.81. The van der Waals surface area contributed by atoms with Gasteiger partial charge in [0, 0.05) is 13.0 Å². The molecule has 0 aliphatic carbocycles. The number of hydrogen-bond acceptors (Lipinski definition) is 5. The van der Waals surface area contributed by atoms with E-state index in [0.717, 1.165) is 29.0 Å². The average Bonchev–Trinajstić information content (AvgIpc) is 3.38. The number of aryl methyl sites for hydroxylation is 1. The lowest BCUT2D eigenvalue weighted by molar-refractivity contribution is -0.122. The highest BCUT2D eigenvalue weighted by Gasteiger charge is 2.38. The molecule has 0 amide bonds. The molecule has 8 heteroatoms. The Morgan fingerprint density at radius 3 is 2.43 bits per heavy atom. The zero-order chi connectivity index (χ0) is 24.8. The van der Waals surface area contributed by atoms with Crippen LogP contribution in [0, 0.1) is 5.82 Å². The molecule has 35 heavy (non-hydrogen) atoms. The van der Waals surface area contributed by atoms with Crippen molar-refractivity contribution in [3.05, 3.63) is 89.7 Å². The number of sulfonamides is 1. The summed E-state index contributed by atoms with van der Waals surface area (Å²) in [6.45, 7) is 0.668. The third-order valence-corrected chi connectivity index (χ3v) is 8.02. The number of carbonyl (C=O) groups is 1. The molecule has 3 aromatic rings. The number of ether oxygens (including phenoxy) is 2. The highest BCUT2D eigenvalue weighted by Crippen LogP contribution is 2.28. The minimum atomic E-state index is -3.86. The zero-order valence-electron chi connectivity index (χ0n) is 19.5. The minimum Gasteiger partial charge on any atom is -0.497 e. The monoisotopic (exact) mass is 497 g/mol. The van der Waals surface area contributed by atoms with Crippen LogP contribution in [-0.2, 0) is 27.8 Å². The van der Waals surface area contributed by atoms with Crippen LogP contribution in [0.3, 0.4) is 0 Å². The minimum absolute atomic E-state index is 0.000476. The number of rotatable bonds is 10. The summed E-state index contributed by atoms with van der Waals surface area (Å²) in [4.78, 5) is 13.0. The van der Waals surface area contributed by atoms with Gasteiger partial charge in [-0.05, 0) is 78.9 Å². The molecule has 0 radical (unpaired) electrons. The summed E-state index contributed by atoms with van der Waals surface area (Å²) in [6, 6.07) is 19.2. The van der Waals surface area contributed by atoms with Crippen LogP contribution >= 0.6 is 0 Å². The molecule has 0 spiro atoms. The number of hydrogen-bond donors (Lipinski definition) is 0. The van der Waals surface area contributed by atoms with E-state index >= 15 is 0 Å². The largest absolute Gasteiger partial charge is 0.497 e. The van der Waals surface area contributed by atoms with Gasteiger partial charge in [0.1, 0.15) is 23.9 Å². The summed E-state index contributed by atoms with van der Waals surface area (Å²) in [5, 5.41) is 0. The van der Waals surface area contributed by atoms with Crippen LogP contribution in [-0.4, -0.2) is 38.2 Å². The van der Waals surface area contributed by atoms with Crippen LogP contribution in [0.5, 0.6) is 11.5 Å². The Morgan fingerprint density at radius 1 is 1.00 bits per heavy atom. The molecule has 1 heterocycles. The van der Waals surface area contributed by atoms with Gasteiger partial charge in [0.2, 0.25) is 10.0 Å². The summed E-state index contributed by atoms with van der Waals surface area (Å²) in [5.41, 5.74) is 1.92. The van der Waals surface area contributed by atoms with E-state index in [-0.39, 0.29) is 23.6 Å². The summed E-state index contributed by atoms with van der Waals surface area (Å²) < 4.78 is 51.7. The van der Waals surface area contributed by atoms with Crippen molar-refractivity contribution in [2.24, 2.45) is 0 Å². The number of carbonyl (C=O) groups excluding carboxylic acids is 1. The van der Waals surface area contributed by atoms with Gasteiger partial charge < -0.3 is 9.47 Å². The fourth-order valence-electron chi connectivity index (χ4n) is 4.25. The molecule has 1 aliphatic rings. The smallest absolute Gasteiger partial charge is 0.243 e. The first-order valence-electron chi connectivity index (χ1n) is 11.5. The quantitative estimate of drug-likeness (QED) is 0.404.